The minimum absolute atomic E-state index is 0.0462. The van der Waals surface area contributed by atoms with Crippen LogP contribution in [0.2, 0.25) is 0 Å². The normalized spacial score (nSPS) is 10.0. The van der Waals surface area contributed by atoms with Crippen molar-refractivity contribution < 1.29 is 14.8 Å². The quantitative estimate of drug-likeness (QED) is 0.547. The van der Waals surface area contributed by atoms with Gasteiger partial charge in [-0.2, -0.15) is 0 Å². The molecule has 0 spiro atoms. The van der Waals surface area contributed by atoms with Crippen LogP contribution in [0.5, 0.6) is 0 Å². The van der Waals surface area contributed by atoms with Crippen molar-refractivity contribution in [2.24, 2.45) is 0 Å². The van der Waals surface area contributed by atoms with Crippen LogP contribution in [0, 0.1) is 10.1 Å². The molecule has 8 heteroatoms. The molecule has 0 saturated carbocycles. The third-order valence-corrected chi connectivity index (χ3v) is 2.13. The molecule has 0 atom stereocenters. The van der Waals surface area contributed by atoms with Gasteiger partial charge in [0.15, 0.2) is 0 Å². The minimum Gasteiger partial charge on any atom is -0.395 e. The second-order valence-electron chi connectivity index (χ2n) is 3.33. The lowest BCUT2D eigenvalue weighted by molar-refractivity contribution is -0.385. The maximum absolute atomic E-state index is 11.8. The lowest BCUT2D eigenvalue weighted by Crippen LogP contribution is -2.30. The monoisotopic (exact) mass is 240 g/mol. The molecule has 0 aromatic carbocycles. The fraction of sp³-hybridized carbons (Fsp3) is 0.333. The standard InChI is InChI=1S/C9H12N4O4/c1-12(2-3-14)9(15)7-4-6(13(16)17)5-11-8(7)10/h4-5,14H,2-3H2,1H3,(H2,10,11). The second kappa shape index (κ2) is 5.21. The van der Waals surface area contributed by atoms with E-state index in [1.54, 1.807) is 0 Å². The molecule has 0 radical (unpaired) electrons. The molecule has 0 aliphatic rings. The molecule has 1 heterocycles. The highest BCUT2D eigenvalue weighted by molar-refractivity contribution is 5.98. The molecule has 92 valence electrons. The van der Waals surface area contributed by atoms with Crippen molar-refractivity contribution in [3.63, 3.8) is 0 Å². The van der Waals surface area contributed by atoms with Crippen LogP contribution in [0.15, 0.2) is 12.3 Å². The molecule has 8 nitrogen and oxygen atoms in total. The summed E-state index contributed by atoms with van der Waals surface area (Å²) in [6.07, 6.45) is 0.984. The van der Waals surface area contributed by atoms with Crippen LogP contribution in [0.4, 0.5) is 11.5 Å². The first-order valence-corrected chi connectivity index (χ1v) is 4.73. The summed E-state index contributed by atoms with van der Waals surface area (Å²) in [6.45, 7) is -0.0918. The van der Waals surface area contributed by atoms with Gasteiger partial charge in [-0.3, -0.25) is 14.9 Å². The minimum atomic E-state index is -0.657. The van der Waals surface area contributed by atoms with Crippen LogP contribution in [-0.2, 0) is 0 Å². The van der Waals surface area contributed by atoms with Gasteiger partial charge in [0.1, 0.15) is 12.0 Å². The van der Waals surface area contributed by atoms with E-state index in [1.165, 1.54) is 11.9 Å². The van der Waals surface area contributed by atoms with Crippen LogP contribution in [0.1, 0.15) is 10.4 Å². The molecule has 1 aromatic rings. The number of aromatic nitrogens is 1. The summed E-state index contributed by atoms with van der Waals surface area (Å²) >= 11 is 0. The maximum Gasteiger partial charge on any atom is 0.288 e. The summed E-state index contributed by atoms with van der Waals surface area (Å²) in [5.74, 6) is -0.599. The summed E-state index contributed by atoms with van der Waals surface area (Å²) in [7, 11) is 1.46. The number of anilines is 1. The summed E-state index contributed by atoms with van der Waals surface area (Å²) in [5, 5.41) is 19.2. The lowest BCUT2D eigenvalue weighted by Gasteiger charge is -2.16. The van der Waals surface area contributed by atoms with Crippen LogP contribution >= 0.6 is 0 Å². The van der Waals surface area contributed by atoms with Crippen molar-refractivity contribution in [2.75, 3.05) is 25.9 Å². The number of hydrogen-bond donors (Lipinski definition) is 2. The van der Waals surface area contributed by atoms with Gasteiger partial charge in [0.25, 0.3) is 11.6 Å². The van der Waals surface area contributed by atoms with Crippen LogP contribution in [-0.4, -0.2) is 46.0 Å². The van der Waals surface area contributed by atoms with Crippen LogP contribution < -0.4 is 5.73 Å². The summed E-state index contributed by atoms with van der Waals surface area (Å²) < 4.78 is 0. The molecule has 1 rings (SSSR count). The number of aliphatic hydroxyl groups is 1. The van der Waals surface area contributed by atoms with E-state index < -0.39 is 10.8 Å². The number of pyridine rings is 1. The van der Waals surface area contributed by atoms with Gasteiger partial charge in [-0.1, -0.05) is 0 Å². The zero-order valence-electron chi connectivity index (χ0n) is 9.16. The molecule has 3 N–H and O–H groups in total. The molecule has 0 aliphatic heterocycles. The fourth-order valence-corrected chi connectivity index (χ4v) is 1.19. The average molecular weight is 240 g/mol. The second-order valence-corrected chi connectivity index (χ2v) is 3.33. The van der Waals surface area contributed by atoms with Gasteiger partial charge in [-0.25, -0.2) is 4.98 Å². The molecular weight excluding hydrogens is 228 g/mol. The number of carbonyl (C=O) groups is 1. The molecule has 0 aliphatic carbocycles. The molecule has 0 fully saturated rings. The number of nitrogens with zero attached hydrogens (tertiary/aromatic N) is 3. The number of likely N-dealkylation sites (N-methyl/N-ethyl adjacent to an activating group) is 1. The van der Waals surface area contributed by atoms with Gasteiger partial charge in [0, 0.05) is 19.7 Å². The Hall–Kier alpha value is -2.22. The summed E-state index contributed by atoms with van der Waals surface area (Å²) in [4.78, 5) is 26.5. The van der Waals surface area contributed by atoms with Crippen molar-refractivity contribution in [1.29, 1.82) is 0 Å². The highest BCUT2D eigenvalue weighted by Crippen LogP contribution is 2.17. The van der Waals surface area contributed by atoms with Crippen molar-refractivity contribution >= 4 is 17.4 Å². The molecule has 1 amide bonds. The average Bonchev–Trinajstić information content (AvgIpc) is 2.28. The first-order valence-electron chi connectivity index (χ1n) is 4.73. The first-order chi connectivity index (χ1) is 7.97. The molecule has 0 saturated heterocycles. The predicted molar refractivity (Wildman–Crippen MR) is 59.4 cm³/mol. The highest BCUT2D eigenvalue weighted by Gasteiger charge is 2.19. The van der Waals surface area contributed by atoms with E-state index in [0.29, 0.717) is 0 Å². The number of nitro groups is 1. The van der Waals surface area contributed by atoms with E-state index in [1.807, 2.05) is 0 Å². The van der Waals surface area contributed by atoms with Crippen molar-refractivity contribution in [1.82, 2.24) is 9.88 Å². The molecule has 17 heavy (non-hydrogen) atoms. The van der Waals surface area contributed by atoms with E-state index >= 15 is 0 Å². The van der Waals surface area contributed by atoms with Gasteiger partial charge >= 0.3 is 0 Å². The molecular formula is C9H12N4O4. The molecule has 1 aromatic heterocycles. The number of nitrogen functional groups attached to an aromatic ring is 1. The van der Waals surface area contributed by atoms with Gasteiger partial charge in [-0.05, 0) is 0 Å². The van der Waals surface area contributed by atoms with Crippen molar-refractivity contribution in [2.45, 2.75) is 0 Å². The number of hydrogen-bond acceptors (Lipinski definition) is 6. The van der Waals surface area contributed by atoms with Gasteiger partial charge in [-0.15, -0.1) is 0 Å². The van der Waals surface area contributed by atoms with Gasteiger partial charge < -0.3 is 15.7 Å². The van der Waals surface area contributed by atoms with Crippen LogP contribution in [0.3, 0.4) is 0 Å². The zero-order valence-corrected chi connectivity index (χ0v) is 9.16. The maximum atomic E-state index is 11.8. The van der Waals surface area contributed by atoms with E-state index in [9.17, 15) is 14.9 Å². The van der Waals surface area contributed by atoms with Crippen molar-refractivity contribution in [3.05, 3.63) is 27.9 Å². The summed E-state index contributed by atoms with van der Waals surface area (Å²) in [5.41, 5.74) is 5.13. The van der Waals surface area contributed by atoms with Crippen molar-refractivity contribution in [3.8, 4) is 0 Å². The Labute approximate surface area is 96.8 Å². The Balaban J connectivity index is 3.07. The van der Waals surface area contributed by atoms with Crippen LogP contribution in [0.25, 0.3) is 0 Å². The first kappa shape index (κ1) is 12.8. The fourth-order valence-electron chi connectivity index (χ4n) is 1.19. The number of rotatable bonds is 4. The third kappa shape index (κ3) is 2.88. The topological polar surface area (TPSA) is 123 Å². The van der Waals surface area contributed by atoms with E-state index in [4.69, 9.17) is 10.8 Å². The largest absolute Gasteiger partial charge is 0.395 e. The Morgan fingerprint density at radius 2 is 2.35 bits per heavy atom. The number of aliphatic hydroxyl groups excluding tert-OH is 1. The Morgan fingerprint density at radius 3 is 2.88 bits per heavy atom. The number of nitrogens with two attached hydrogens (primary N) is 1. The SMILES string of the molecule is CN(CCO)C(=O)c1cc([N+](=O)[O-])cnc1N. The number of carbonyl (C=O) groups excluding carboxylic acids is 1. The smallest absolute Gasteiger partial charge is 0.288 e. The third-order valence-electron chi connectivity index (χ3n) is 2.13. The lowest BCUT2D eigenvalue weighted by atomic mass is 10.2. The molecule has 0 bridgehead atoms. The molecule has 0 unspecified atom stereocenters. The summed E-state index contributed by atoms with van der Waals surface area (Å²) in [6, 6.07) is 1.07. The highest BCUT2D eigenvalue weighted by atomic mass is 16.6. The van der Waals surface area contributed by atoms with E-state index in [-0.39, 0.29) is 30.2 Å². The Morgan fingerprint density at radius 1 is 1.71 bits per heavy atom. The predicted octanol–water partition coefficient (Wildman–Crippen LogP) is -0.364. The van der Waals surface area contributed by atoms with E-state index in [2.05, 4.69) is 4.98 Å². The van der Waals surface area contributed by atoms with Gasteiger partial charge in [0.2, 0.25) is 0 Å². The zero-order chi connectivity index (χ0) is 13.0. The van der Waals surface area contributed by atoms with E-state index in [0.717, 1.165) is 12.3 Å². The Kier molecular flexibility index (Phi) is 3.94. The number of amides is 1. The van der Waals surface area contributed by atoms with Gasteiger partial charge in [0.05, 0.1) is 17.1 Å². The Bertz CT molecular complexity index is 449.